The van der Waals surface area contributed by atoms with E-state index in [1.165, 1.54) is 0 Å². The normalized spacial score (nSPS) is 12.0. The molecule has 0 fully saturated rings. The molecule has 0 saturated heterocycles. The second-order valence-electron chi connectivity index (χ2n) is 5.52. The van der Waals surface area contributed by atoms with Crippen LogP contribution in [0.15, 0.2) is 36.4 Å². The zero-order valence-electron chi connectivity index (χ0n) is 13.5. The minimum absolute atomic E-state index is 0.0339. The van der Waals surface area contributed by atoms with Crippen molar-refractivity contribution in [3.05, 3.63) is 73.8 Å². The van der Waals surface area contributed by atoms with Crippen molar-refractivity contribution < 1.29 is 36.1 Å². The van der Waals surface area contributed by atoms with Crippen LogP contribution in [0.3, 0.4) is 0 Å². The van der Waals surface area contributed by atoms with Gasteiger partial charge in [0.2, 0.25) is 0 Å². The number of amides is 1. The van der Waals surface area contributed by atoms with Crippen molar-refractivity contribution in [3.63, 3.8) is 0 Å². The minimum atomic E-state index is -5.02. The number of benzene rings is 2. The molecule has 5 nitrogen and oxygen atoms in total. The molecular formula is C16H9ClF6N2O3. The SMILES string of the molecule is O=C(NCc1cc(C(F)(F)F)cc(C(F)(F)F)c1)c1ccc(Cl)c([N+](=O)[O-])c1. The van der Waals surface area contributed by atoms with Crippen molar-refractivity contribution in [2.75, 3.05) is 0 Å². The fraction of sp³-hybridized carbons (Fsp3) is 0.188. The number of carbonyl (C=O) groups excluding carboxylic acids is 1. The maximum Gasteiger partial charge on any atom is 0.416 e. The third kappa shape index (κ3) is 5.12. The van der Waals surface area contributed by atoms with Gasteiger partial charge in [-0.2, -0.15) is 26.3 Å². The zero-order valence-corrected chi connectivity index (χ0v) is 14.2. The third-order valence-corrected chi connectivity index (χ3v) is 3.83. The number of carbonyl (C=O) groups is 1. The molecule has 0 spiro atoms. The average molecular weight is 427 g/mol. The minimum Gasteiger partial charge on any atom is -0.348 e. The number of nitro benzene ring substituents is 1. The molecule has 0 aliphatic rings. The lowest BCUT2D eigenvalue weighted by Gasteiger charge is -2.14. The summed E-state index contributed by atoms with van der Waals surface area (Å²) < 4.78 is 77.0. The second kappa shape index (κ2) is 7.66. The monoisotopic (exact) mass is 426 g/mol. The van der Waals surface area contributed by atoms with E-state index in [4.69, 9.17) is 11.6 Å². The largest absolute Gasteiger partial charge is 0.416 e. The quantitative estimate of drug-likeness (QED) is 0.414. The molecule has 2 aromatic carbocycles. The van der Waals surface area contributed by atoms with Gasteiger partial charge in [-0.15, -0.1) is 0 Å². The van der Waals surface area contributed by atoms with E-state index in [0.717, 1.165) is 18.2 Å². The first-order valence-corrected chi connectivity index (χ1v) is 7.67. The van der Waals surface area contributed by atoms with Gasteiger partial charge in [-0.3, -0.25) is 14.9 Å². The summed E-state index contributed by atoms with van der Waals surface area (Å²) in [5.74, 6) is -0.939. The van der Waals surface area contributed by atoms with Gasteiger partial charge in [-0.05, 0) is 35.9 Å². The summed E-state index contributed by atoms with van der Waals surface area (Å²) in [6, 6.07) is 3.94. The molecule has 0 unspecified atom stereocenters. The second-order valence-corrected chi connectivity index (χ2v) is 5.93. The van der Waals surface area contributed by atoms with Gasteiger partial charge in [-0.1, -0.05) is 11.6 Å². The Kier molecular flexibility index (Phi) is 5.88. The summed E-state index contributed by atoms with van der Waals surface area (Å²) in [4.78, 5) is 22.0. The molecule has 0 aliphatic carbocycles. The highest BCUT2D eigenvalue weighted by atomic mass is 35.5. The molecule has 1 N–H and O–H groups in total. The fourth-order valence-corrected chi connectivity index (χ4v) is 2.39. The van der Waals surface area contributed by atoms with Crippen LogP contribution in [0.2, 0.25) is 5.02 Å². The Morgan fingerprint density at radius 1 is 1.00 bits per heavy atom. The number of rotatable bonds is 4. The van der Waals surface area contributed by atoms with Crippen molar-refractivity contribution in [1.82, 2.24) is 5.32 Å². The summed E-state index contributed by atoms with van der Waals surface area (Å²) in [6.07, 6.45) is -10.0. The van der Waals surface area contributed by atoms with Crippen molar-refractivity contribution in [3.8, 4) is 0 Å². The Hall–Kier alpha value is -2.82. The zero-order chi connectivity index (χ0) is 21.3. The summed E-state index contributed by atoms with van der Waals surface area (Å²) in [7, 11) is 0. The lowest BCUT2D eigenvalue weighted by atomic mass is 10.0. The molecule has 28 heavy (non-hydrogen) atoms. The molecule has 0 heterocycles. The van der Waals surface area contributed by atoms with E-state index in [2.05, 4.69) is 5.32 Å². The van der Waals surface area contributed by atoms with Crippen LogP contribution in [0.1, 0.15) is 27.0 Å². The van der Waals surface area contributed by atoms with Crippen molar-refractivity contribution >= 4 is 23.2 Å². The predicted molar refractivity (Wildman–Crippen MR) is 85.7 cm³/mol. The molecule has 2 rings (SSSR count). The van der Waals surface area contributed by atoms with Gasteiger partial charge < -0.3 is 5.32 Å². The maximum atomic E-state index is 12.8. The van der Waals surface area contributed by atoms with Gasteiger partial charge in [0.1, 0.15) is 5.02 Å². The van der Waals surface area contributed by atoms with Gasteiger partial charge in [0.15, 0.2) is 0 Å². The first-order chi connectivity index (χ1) is 12.8. The molecule has 12 heteroatoms. The summed E-state index contributed by atoms with van der Waals surface area (Å²) in [5, 5.41) is 12.7. The lowest BCUT2D eigenvalue weighted by molar-refractivity contribution is -0.384. The van der Waals surface area contributed by atoms with E-state index in [-0.39, 0.29) is 16.7 Å². The molecule has 0 aromatic heterocycles. The molecule has 0 saturated carbocycles. The molecule has 0 aliphatic heterocycles. The van der Waals surface area contributed by atoms with Gasteiger partial charge in [0, 0.05) is 18.2 Å². The third-order valence-electron chi connectivity index (χ3n) is 3.51. The standard InChI is InChI=1S/C16H9ClF6N2O3/c17-12-2-1-9(5-13(12)25(27)28)14(26)24-7-8-3-10(15(18,19)20)6-11(4-8)16(21,22)23/h1-6H,7H2,(H,24,26). The predicted octanol–water partition coefficient (Wildman–Crippen LogP) is 5.22. The van der Waals surface area contributed by atoms with Gasteiger partial charge in [0.25, 0.3) is 11.6 Å². The highest BCUT2D eigenvalue weighted by Gasteiger charge is 2.36. The topological polar surface area (TPSA) is 72.2 Å². The highest BCUT2D eigenvalue weighted by Crippen LogP contribution is 2.36. The number of nitrogens with zero attached hydrogens (tertiary/aromatic N) is 1. The Labute approximate surface area is 158 Å². The van der Waals surface area contributed by atoms with Crippen molar-refractivity contribution in [2.24, 2.45) is 0 Å². The first-order valence-electron chi connectivity index (χ1n) is 7.29. The van der Waals surface area contributed by atoms with E-state index in [0.29, 0.717) is 12.1 Å². The van der Waals surface area contributed by atoms with Crippen molar-refractivity contribution in [2.45, 2.75) is 18.9 Å². The van der Waals surface area contributed by atoms with E-state index < -0.39 is 52.1 Å². The van der Waals surface area contributed by atoms with Crippen LogP contribution in [0, 0.1) is 10.1 Å². The lowest BCUT2D eigenvalue weighted by Crippen LogP contribution is -2.23. The molecule has 1 amide bonds. The Bertz CT molecular complexity index is 895. The van der Waals surface area contributed by atoms with Crippen LogP contribution in [0.5, 0.6) is 0 Å². The summed E-state index contributed by atoms with van der Waals surface area (Å²) in [6.45, 7) is -0.664. The van der Waals surface area contributed by atoms with Crippen LogP contribution in [-0.4, -0.2) is 10.8 Å². The number of alkyl halides is 6. The summed E-state index contributed by atoms with van der Waals surface area (Å²) in [5.41, 5.74) is -4.30. The molecule has 0 atom stereocenters. The number of halogens is 7. The van der Waals surface area contributed by atoms with E-state index in [1.807, 2.05) is 0 Å². The Morgan fingerprint density at radius 3 is 2.00 bits per heavy atom. The number of hydrogen-bond donors (Lipinski definition) is 1. The van der Waals surface area contributed by atoms with E-state index in [1.54, 1.807) is 0 Å². The smallest absolute Gasteiger partial charge is 0.348 e. The molecule has 150 valence electrons. The van der Waals surface area contributed by atoms with E-state index >= 15 is 0 Å². The molecule has 0 radical (unpaired) electrons. The van der Waals surface area contributed by atoms with E-state index in [9.17, 15) is 41.3 Å². The Balaban J connectivity index is 2.28. The van der Waals surface area contributed by atoms with Crippen LogP contribution >= 0.6 is 11.6 Å². The molecular weight excluding hydrogens is 418 g/mol. The number of nitrogens with one attached hydrogen (secondary N) is 1. The average Bonchev–Trinajstić information content (AvgIpc) is 2.58. The van der Waals surface area contributed by atoms with Gasteiger partial charge in [0.05, 0.1) is 16.1 Å². The molecule has 2 aromatic rings. The fourth-order valence-electron chi connectivity index (χ4n) is 2.20. The van der Waals surface area contributed by atoms with Gasteiger partial charge >= 0.3 is 12.4 Å². The first kappa shape index (κ1) is 21.5. The number of nitro groups is 1. The Morgan fingerprint density at radius 2 is 1.54 bits per heavy atom. The van der Waals surface area contributed by atoms with Crippen LogP contribution in [-0.2, 0) is 18.9 Å². The van der Waals surface area contributed by atoms with Crippen molar-refractivity contribution in [1.29, 1.82) is 0 Å². The van der Waals surface area contributed by atoms with Crippen LogP contribution in [0.25, 0.3) is 0 Å². The van der Waals surface area contributed by atoms with Crippen LogP contribution in [0.4, 0.5) is 32.0 Å². The maximum absolute atomic E-state index is 12.8. The van der Waals surface area contributed by atoms with Gasteiger partial charge in [-0.25, -0.2) is 0 Å². The number of hydrogen-bond acceptors (Lipinski definition) is 3. The molecule has 0 bridgehead atoms. The summed E-state index contributed by atoms with van der Waals surface area (Å²) >= 11 is 5.60. The van der Waals surface area contributed by atoms with Crippen LogP contribution < -0.4 is 5.32 Å². The highest BCUT2D eigenvalue weighted by molar-refractivity contribution is 6.32.